The standard InChI is InChI=1S/C15H9F5O2/c1-22-14(21)10-2-8(3-11(4-10)15(18,19)20)9-5-12(16)7-13(17)6-9/h2-7H,1H3. The molecule has 0 fully saturated rings. The molecule has 2 aromatic rings. The fourth-order valence-corrected chi connectivity index (χ4v) is 1.91. The van der Waals surface area contributed by atoms with Crippen LogP contribution in [0, 0.1) is 11.6 Å². The Morgan fingerprint density at radius 1 is 0.909 bits per heavy atom. The summed E-state index contributed by atoms with van der Waals surface area (Å²) < 4.78 is 69.5. The van der Waals surface area contributed by atoms with Gasteiger partial charge in [0, 0.05) is 6.07 Å². The van der Waals surface area contributed by atoms with Gasteiger partial charge in [-0.05, 0) is 41.5 Å². The van der Waals surface area contributed by atoms with Crippen LogP contribution < -0.4 is 0 Å². The van der Waals surface area contributed by atoms with Gasteiger partial charge in [-0.1, -0.05) is 0 Å². The summed E-state index contributed by atoms with van der Waals surface area (Å²) in [6, 6.07) is 4.75. The predicted octanol–water partition coefficient (Wildman–Crippen LogP) is 4.44. The molecule has 2 aromatic carbocycles. The molecule has 0 aliphatic rings. The number of benzene rings is 2. The Morgan fingerprint density at radius 2 is 1.45 bits per heavy atom. The zero-order valence-electron chi connectivity index (χ0n) is 11.2. The van der Waals surface area contributed by atoms with Gasteiger partial charge in [0.05, 0.1) is 18.2 Å². The Hall–Kier alpha value is -2.44. The van der Waals surface area contributed by atoms with Crippen LogP contribution >= 0.6 is 0 Å². The van der Waals surface area contributed by atoms with E-state index in [1.54, 1.807) is 0 Å². The lowest BCUT2D eigenvalue weighted by molar-refractivity contribution is -0.137. The van der Waals surface area contributed by atoms with Crippen molar-refractivity contribution in [2.75, 3.05) is 7.11 Å². The lowest BCUT2D eigenvalue weighted by atomic mass is 9.99. The molecule has 0 aliphatic carbocycles. The molecular weight excluding hydrogens is 307 g/mol. The van der Waals surface area contributed by atoms with Crippen LogP contribution in [0.25, 0.3) is 11.1 Å². The van der Waals surface area contributed by atoms with E-state index in [4.69, 9.17) is 0 Å². The van der Waals surface area contributed by atoms with Crippen molar-refractivity contribution in [2.24, 2.45) is 0 Å². The van der Waals surface area contributed by atoms with Crippen LogP contribution in [0.1, 0.15) is 15.9 Å². The first kappa shape index (κ1) is 15.9. The molecule has 0 unspecified atom stereocenters. The molecule has 0 saturated heterocycles. The highest BCUT2D eigenvalue weighted by atomic mass is 19.4. The van der Waals surface area contributed by atoms with Gasteiger partial charge in [0.1, 0.15) is 11.6 Å². The third-order valence-electron chi connectivity index (χ3n) is 2.88. The van der Waals surface area contributed by atoms with Crippen LogP contribution in [0.5, 0.6) is 0 Å². The molecule has 22 heavy (non-hydrogen) atoms. The van der Waals surface area contributed by atoms with E-state index in [0.29, 0.717) is 18.2 Å². The summed E-state index contributed by atoms with van der Waals surface area (Å²) in [5.74, 6) is -2.86. The van der Waals surface area contributed by atoms with Crippen LogP contribution in [0.3, 0.4) is 0 Å². The summed E-state index contributed by atoms with van der Waals surface area (Å²) in [4.78, 5) is 11.5. The molecule has 0 aliphatic heterocycles. The van der Waals surface area contributed by atoms with Gasteiger partial charge in [0.15, 0.2) is 0 Å². The minimum atomic E-state index is -4.72. The average molecular weight is 316 g/mol. The Morgan fingerprint density at radius 3 is 1.95 bits per heavy atom. The van der Waals surface area contributed by atoms with Gasteiger partial charge in [-0.3, -0.25) is 0 Å². The van der Waals surface area contributed by atoms with E-state index in [2.05, 4.69) is 4.74 Å². The van der Waals surface area contributed by atoms with E-state index in [9.17, 15) is 26.7 Å². The molecule has 0 radical (unpaired) electrons. The molecule has 2 nitrogen and oxygen atoms in total. The monoisotopic (exact) mass is 316 g/mol. The number of carbonyl (C=O) groups is 1. The summed E-state index contributed by atoms with van der Waals surface area (Å²) in [7, 11) is 1.02. The molecule has 0 N–H and O–H groups in total. The largest absolute Gasteiger partial charge is 0.465 e. The van der Waals surface area contributed by atoms with Crippen molar-refractivity contribution >= 4 is 5.97 Å². The van der Waals surface area contributed by atoms with E-state index >= 15 is 0 Å². The number of hydrogen-bond acceptors (Lipinski definition) is 2. The Bertz CT molecular complexity index is 702. The van der Waals surface area contributed by atoms with Gasteiger partial charge in [-0.15, -0.1) is 0 Å². The third-order valence-corrected chi connectivity index (χ3v) is 2.88. The van der Waals surface area contributed by atoms with E-state index in [-0.39, 0.29) is 16.7 Å². The summed E-state index contributed by atoms with van der Waals surface area (Å²) in [6.07, 6.45) is -4.72. The number of halogens is 5. The molecule has 0 atom stereocenters. The van der Waals surface area contributed by atoms with E-state index in [1.807, 2.05) is 0 Å². The molecule has 0 bridgehead atoms. The average Bonchev–Trinajstić information content (AvgIpc) is 2.44. The Labute approximate surface area is 122 Å². The highest BCUT2D eigenvalue weighted by Crippen LogP contribution is 2.34. The third kappa shape index (κ3) is 3.41. The highest BCUT2D eigenvalue weighted by Gasteiger charge is 2.32. The van der Waals surface area contributed by atoms with Gasteiger partial charge in [0.2, 0.25) is 0 Å². The van der Waals surface area contributed by atoms with Gasteiger partial charge in [-0.25, -0.2) is 13.6 Å². The fraction of sp³-hybridized carbons (Fsp3) is 0.133. The van der Waals surface area contributed by atoms with Crippen molar-refractivity contribution < 1.29 is 31.5 Å². The molecule has 0 heterocycles. The quantitative estimate of drug-likeness (QED) is 0.605. The van der Waals surface area contributed by atoms with Crippen LogP contribution in [0.2, 0.25) is 0 Å². The normalized spacial score (nSPS) is 11.4. The summed E-state index contributed by atoms with van der Waals surface area (Å²) in [5.41, 5.74) is -1.74. The summed E-state index contributed by atoms with van der Waals surface area (Å²) in [6.45, 7) is 0. The number of esters is 1. The fourth-order valence-electron chi connectivity index (χ4n) is 1.91. The molecule has 0 amide bonds. The van der Waals surface area contributed by atoms with Gasteiger partial charge >= 0.3 is 12.1 Å². The zero-order valence-corrected chi connectivity index (χ0v) is 11.2. The summed E-state index contributed by atoms with van der Waals surface area (Å²) in [5, 5.41) is 0. The van der Waals surface area contributed by atoms with Crippen molar-refractivity contribution in [2.45, 2.75) is 6.18 Å². The van der Waals surface area contributed by atoms with Crippen LogP contribution in [-0.4, -0.2) is 13.1 Å². The highest BCUT2D eigenvalue weighted by molar-refractivity contribution is 5.91. The second-order valence-electron chi connectivity index (χ2n) is 4.45. The smallest absolute Gasteiger partial charge is 0.416 e. The first-order valence-electron chi connectivity index (χ1n) is 5.98. The molecular formula is C15H9F5O2. The minimum Gasteiger partial charge on any atom is -0.465 e. The molecule has 116 valence electrons. The number of rotatable bonds is 2. The number of alkyl halides is 3. The zero-order chi connectivity index (χ0) is 16.5. The maximum atomic E-state index is 13.2. The Balaban J connectivity index is 2.66. The molecule has 2 rings (SSSR count). The lowest BCUT2D eigenvalue weighted by Crippen LogP contribution is -2.09. The Kier molecular flexibility index (Phi) is 4.16. The van der Waals surface area contributed by atoms with Gasteiger partial charge < -0.3 is 4.74 Å². The van der Waals surface area contributed by atoms with Crippen molar-refractivity contribution in [3.8, 4) is 11.1 Å². The number of ether oxygens (including phenoxy) is 1. The van der Waals surface area contributed by atoms with Crippen molar-refractivity contribution in [3.05, 3.63) is 59.2 Å². The van der Waals surface area contributed by atoms with Crippen molar-refractivity contribution in [1.82, 2.24) is 0 Å². The van der Waals surface area contributed by atoms with E-state index in [0.717, 1.165) is 25.3 Å². The van der Waals surface area contributed by atoms with E-state index < -0.39 is 29.3 Å². The predicted molar refractivity (Wildman–Crippen MR) is 68.1 cm³/mol. The second-order valence-corrected chi connectivity index (χ2v) is 4.45. The van der Waals surface area contributed by atoms with E-state index in [1.165, 1.54) is 0 Å². The molecule has 0 saturated carbocycles. The van der Waals surface area contributed by atoms with Crippen molar-refractivity contribution in [1.29, 1.82) is 0 Å². The van der Waals surface area contributed by atoms with Gasteiger partial charge in [-0.2, -0.15) is 13.2 Å². The molecule has 7 heteroatoms. The number of carbonyl (C=O) groups excluding carboxylic acids is 1. The minimum absolute atomic E-state index is 0.117. The second kappa shape index (κ2) is 5.75. The van der Waals surface area contributed by atoms with Gasteiger partial charge in [0.25, 0.3) is 0 Å². The number of hydrogen-bond donors (Lipinski definition) is 0. The first-order chi connectivity index (χ1) is 10.2. The van der Waals surface area contributed by atoms with Crippen LogP contribution in [0.4, 0.5) is 22.0 Å². The lowest BCUT2D eigenvalue weighted by Gasteiger charge is -2.12. The number of methoxy groups -OCH3 is 1. The molecule has 0 aromatic heterocycles. The van der Waals surface area contributed by atoms with Crippen molar-refractivity contribution in [3.63, 3.8) is 0 Å². The molecule has 0 spiro atoms. The van der Waals surface area contributed by atoms with Crippen LogP contribution in [-0.2, 0) is 10.9 Å². The van der Waals surface area contributed by atoms with Crippen LogP contribution in [0.15, 0.2) is 36.4 Å². The topological polar surface area (TPSA) is 26.3 Å². The summed E-state index contributed by atoms with van der Waals surface area (Å²) >= 11 is 0. The maximum Gasteiger partial charge on any atom is 0.416 e. The maximum absolute atomic E-state index is 13.2. The first-order valence-corrected chi connectivity index (χ1v) is 5.98. The SMILES string of the molecule is COC(=O)c1cc(-c2cc(F)cc(F)c2)cc(C(F)(F)F)c1.